The highest BCUT2D eigenvalue weighted by Crippen LogP contribution is 2.19. The van der Waals surface area contributed by atoms with E-state index in [1.54, 1.807) is 20.8 Å². The summed E-state index contributed by atoms with van der Waals surface area (Å²) in [7, 11) is 0. The Morgan fingerprint density at radius 2 is 1.95 bits per heavy atom. The van der Waals surface area contributed by atoms with E-state index in [2.05, 4.69) is 5.32 Å². The van der Waals surface area contributed by atoms with Crippen LogP contribution >= 0.6 is 0 Å². The van der Waals surface area contributed by atoms with Gasteiger partial charge in [0.15, 0.2) is 0 Å². The van der Waals surface area contributed by atoms with Gasteiger partial charge in [-0.05, 0) is 51.5 Å². The first-order valence-electron chi connectivity index (χ1n) is 5.95. The number of halogens is 1. The molecular weight excluding hydrogens is 249 g/mol. The summed E-state index contributed by atoms with van der Waals surface area (Å²) in [5, 5.41) is 2.52. The van der Waals surface area contributed by atoms with E-state index in [1.165, 1.54) is 25.1 Å². The molecule has 0 aliphatic heterocycles. The van der Waals surface area contributed by atoms with Crippen LogP contribution in [0.15, 0.2) is 18.2 Å². The molecule has 1 aromatic carbocycles. The number of hydrogen-bond donors (Lipinski definition) is 1. The second-order valence-corrected chi connectivity index (χ2v) is 5.31. The van der Waals surface area contributed by atoms with Gasteiger partial charge in [-0.3, -0.25) is 10.1 Å². The second-order valence-electron chi connectivity index (χ2n) is 5.31. The number of rotatable bonds is 3. The van der Waals surface area contributed by atoms with Crippen LogP contribution in [0.25, 0.3) is 0 Å². The monoisotopic (exact) mass is 267 g/mol. The molecule has 0 saturated heterocycles. The van der Waals surface area contributed by atoms with Crippen molar-refractivity contribution in [2.45, 2.75) is 39.7 Å². The fourth-order valence-electron chi connectivity index (χ4n) is 1.51. The van der Waals surface area contributed by atoms with Gasteiger partial charge in [0.25, 0.3) is 0 Å². The standard InChI is InChI=1S/C14H18FNO3/c1-9(17)7-10-8-11(15)5-6-12(10)16-13(18)19-14(2,3)4/h5-6,8H,7H2,1-4H3,(H,16,18). The van der Waals surface area contributed by atoms with Crippen LogP contribution in [0, 0.1) is 5.82 Å². The van der Waals surface area contributed by atoms with Crippen molar-refractivity contribution in [2.75, 3.05) is 5.32 Å². The average molecular weight is 267 g/mol. The Hall–Kier alpha value is -1.91. The maximum absolute atomic E-state index is 13.2. The van der Waals surface area contributed by atoms with E-state index < -0.39 is 17.5 Å². The molecular formula is C14H18FNO3. The number of nitrogens with one attached hydrogen (secondary N) is 1. The van der Waals surface area contributed by atoms with E-state index in [9.17, 15) is 14.0 Å². The fraction of sp³-hybridized carbons (Fsp3) is 0.429. The van der Waals surface area contributed by atoms with Crippen molar-refractivity contribution in [2.24, 2.45) is 0 Å². The Morgan fingerprint density at radius 1 is 1.32 bits per heavy atom. The Morgan fingerprint density at radius 3 is 2.47 bits per heavy atom. The lowest BCUT2D eigenvalue weighted by molar-refractivity contribution is -0.116. The number of hydrogen-bond acceptors (Lipinski definition) is 3. The number of carbonyl (C=O) groups excluding carboxylic acids is 2. The van der Waals surface area contributed by atoms with Gasteiger partial charge in [0.05, 0.1) is 0 Å². The molecule has 0 saturated carbocycles. The zero-order valence-corrected chi connectivity index (χ0v) is 11.5. The summed E-state index contributed by atoms with van der Waals surface area (Å²) in [6, 6.07) is 3.86. The van der Waals surface area contributed by atoms with E-state index in [4.69, 9.17) is 4.74 Å². The predicted molar refractivity (Wildman–Crippen MR) is 70.6 cm³/mol. The van der Waals surface area contributed by atoms with Crippen molar-refractivity contribution in [3.63, 3.8) is 0 Å². The molecule has 1 aromatic rings. The summed E-state index contributed by atoms with van der Waals surface area (Å²) in [5.74, 6) is -0.566. The molecule has 0 aromatic heterocycles. The van der Waals surface area contributed by atoms with Crippen LogP contribution in [0.5, 0.6) is 0 Å². The first kappa shape index (κ1) is 15.1. The van der Waals surface area contributed by atoms with Crippen LogP contribution in [-0.2, 0) is 16.0 Å². The number of Topliss-reactive ketones (excluding diaryl/α,β-unsaturated/α-hetero) is 1. The highest BCUT2D eigenvalue weighted by Gasteiger charge is 2.17. The van der Waals surface area contributed by atoms with E-state index in [1.807, 2.05) is 0 Å². The Kier molecular flexibility index (Phi) is 4.64. The maximum Gasteiger partial charge on any atom is 0.412 e. The molecule has 19 heavy (non-hydrogen) atoms. The molecule has 0 fully saturated rings. The lowest BCUT2D eigenvalue weighted by Gasteiger charge is -2.20. The summed E-state index contributed by atoms with van der Waals surface area (Å²) >= 11 is 0. The summed E-state index contributed by atoms with van der Waals surface area (Å²) in [6.07, 6.45) is -0.577. The van der Waals surface area contributed by atoms with Gasteiger partial charge in [-0.1, -0.05) is 0 Å². The molecule has 1 rings (SSSR count). The zero-order valence-electron chi connectivity index (χ0n) is 11.5. The normalized spacial score (nSPS) is 11.0. The van der Waals surface area contributed by atoms with Gasteiger partial charge in [-0.25, -0.2) is 9.18 Å². The van der Waals surface area contributed by atoms with Crippen LogP contribution in [0.1, 0.15) is 33.3 Å². The van der Waals surface area contributed by atoms with Crippen molar-refractivity contribution in [3.8, 4) is 0 Å². The van der Waals surface area contributed by atoms with Gasteiger partial charge in [-0.15, -0.1) is 0 Å². The van der Waals surface area contributed by atoms with Crippen LogP contribution < -0.4 is 5.32 Å². The predicted octanol–water partition coefficient (Wildman–Crippen LogP) is 3.30. The van der Waals surface area contributed by atoms with Crippen molar-refractivity contribution in [1.82, 2.24) is 0 Å². The lowest BCUT2D eigenvalue weighted by atomic mass is 10.1. The summed E-state index contributed by atoms with van der Waals surface area (Å²) < 4.78 is 18.3. The Balaban J connectivity index is 2.88. The van der Waals surface area contributed by atoms with Crippen LogP contribution in [-0.4, -0.2) is 17.5 Å². The molecule has 0 bridgehead atoms. The number of anilines is 1. The number of amides is 1. The largest absolute Gasteiger partial charge is 0.444 e. The van der Waals surface area contributed by atoms with Crippen LogP contribution in [0.4, 0.5) is 14.9 Å². The van der Waals surface area contributed by atoms with E-state index in [0.29, 0.717) is 11.3 Å². The van der Waals surface area contributed by atoms with Crippen LogP contribution in [0.2, 0.25) is 0 Å². The molecule has 1 amide bonds. The Labute approximate surface area is 112 Å². The maximum atomic E-state index is 13.2. The molecule has 0 unspecified atom stereocenters. The SMILES string of the molecule is CC(=O)Cc1cc(F)ccc1NC(=O)OC(C)(C)C. The first-order chi connectivity index (χ1) is 8.67. The van der Waals surface area contributed by atoms with E-state index in [-0.39, 0.29) is 12.2 Å². The zero-order chi connectivity index (χ0) is 14.6. The van der Waals surface area contributed by atoms with Crippen molar-refractivity contribution >= 4 is 17.6 Å². The number of ether oxygens (including phenoxy) is 1. The molecule has 104 valence electrons. The third-order valence-corrected chi connectivity index (χ3v) is 2.14. The minimum absolute atomic E-state index is 0.0584. The van der Waals surface area contributed by atoms with E-state index in [0.717, 1.165) is 0 Å². The fourth-order valence-corrected chi connectivity index (χ4v) is 1.51. The average Bonchev–Trinajstić information content (AvgIpc) is 2.18. The van der Waals surface area contributed by atoms with Crippen molar-refractivity contribution in [3.05, 3.63) is 29.6 Å². The molecule has 0 heterocycles. The highest BCUT2D eigenvalue weighted by molar-refractivity contribution is 5.88. The summed E-state index contributed by atoms with van der Waals surface area (Å²) in [6.45, 7) is 6.64. The van der Waals surface area contributed by atoms with Gasteiger partial charge in [0.2, 0.25) is 0 Å². The molecule has 0 aliphatic carbocycles. The van der Waals surface area contributed by atoms with Gasteiger partial charge in [-0.2, -0.15) is 0 Å². The lowest BCUT2D eigenvalue weighted by Crippen LogP contribution is -2.27. The quantitative estimate of drug-likeness (QED) is 0.914. The number of ketones is 1. The van der Waals surface area contributed by atoms with Crippen molar-refractivity contribution in [1.29, 1.82) is 0 Å². The van der Waals surface area contributed by atoms with Gasteiger partial charge < -0.3 is 4.74 Å². The molecule has 0 aliphatic rings. The molecule has 4 nitrogen and oxygen atoms in total. The minimum atomic E-state index is -0.635. The third kappa shape index (κ3) is 5.50. The highest BCUT2D eigenvalue weighted by atomic mass is 19.1. The minimum Gasteiger partial charge on any atom is -0.444 e. The number of carbonyl (C=O) groups is 2. The molecule has 0 atom stereocenters. The van der Waals surface area contributed by atoms with Gasteiger partial charge in [0.1, 0.15) is 17.2 Å². The number of benzene rings is 1. The molecule has 0 radical (unpaired) electrons. The smallest absolute Gasteiger partial charge is 0.412 e. The molecule has 0 spiro atoms. The Bertz CT molecular complexity index is 492. The van der Waals surface area contributed by atoms with Crippen molar-refractivity contribution < 1.29 is 18.7 Å². The van der Waals surface area contributed by atoms with Gasteiger partial charge >= 0.3 is 6.09 Å². The molecule has 5 heteroatoms. The second kappa shape index (κ2) is 5.82. The summed E-state index contributed by atoms with van der Waals surface area (Å²) in [4.78, 5) is 22.8. The molecule has 1 N–H and O–H groups in total. The summed E-state index contributed by atoms with van der Waals surface area (Å²) in [5.41, 5.74) is 0.189. The first-order valence-corrected chi connectivity index (χ1v) is 5.95. The van der Waals surface area contributed by atoms with E-state index >= 15 is 0 Å². The topological polar surface area (TPSA) is 55.4 Å². The van der Waals surface area contributed by atoms with Crippen LogP contribution in [0.3, 0.4) is 0 Å². The third-order valence-electron chi connectivity index (χ3n) is 2.14. The van der Waals surface area contributed by atoms with Gasteiger partial charge in [0, 0.05) is 12.1 Å².